The number of amidine groups is 1. The summed E-state index contributed by atoms with van der Waals surface area (Å²) in [6.45, 7) is 1.27. The van der Waals surface area contributed by atoms with Gasteiger partial charge in [0, 0.05) is 11.8 Å². The molecular formula is C3H7N3O2. The largest absolute Gasteiger partial charge is 0.382 e. The van der Waals surface area contributed by atoms with Crippen LogP contribution in [0, 0.1) is 15.5 Å². The first-order valence-corrected chi connectivity index (χ1v) is 2.03. The van der Waals surface area contributed by atoms with Crippen LogP contribution in [0.25, 0.3) is 0 Å². The lowest BCUT2D eigenvalue weighted by Crippen LogP contribution is -2.31. The van der Waals surface area contributed by atoms with Crippen LogP contribution < -0.4 is 5.73 Å². The standard InChI is InChI=1S/C3H7N3O2/c1-2(3(4)5)6(7)8/h2H,1H3,(H3,4,5)/t2-/m0/s1. The molecule has 46 valence electrons. The number of nitrogens with two attached hydrogens (primary N) is 1. The van der Waals surface area contributed by atoms with Crippen LogP contribution in [0.2, 0.25) is 0 Å². The molecule has 0 unspecified atom stereocenters. The van der Waals surface area contributed by atoms with Crippen LogP contribution in [0.1, 0.15) is 6.92 Å². The van der Waals surface area contributed by atoms with Crippen molar-refractivity contribution in [1.82, 2.24) is 0 Å². The van der Waals surface area contributed by atoms with Gasteiger partial charge in [0.2, 0.25) is 0 Å². The van der Waals surface area contributed by atoms with Crippen molar-refractivity contribution in [1.29, 1.82) is 5.41 Å². The summed E-state index contributed by atoms with van der Waals surface area (Å²) in [6, 6.07) is -1.05. The second-order valence-electron chi connectivity index (χ2n) is 1.42. The van der Waals surface area contributed by atoms with Crippen LogP contribution in [0.5, 0.6) is 0 Å². The number of nitrogens with one attached hydrogen (secondary N) is 1. The van der Waals surface area contributed by atoms with Gasteiger partial charge in [-0.15, -0.1) is 0 Å². The van der Waals surface area contributed by atoms with E-state index in [0.717, 1.165) is 0 Å². The lowest BCUT2D eigenvalue weighted by atomic mass is 10.3. The van der Waals surface area contributed by atoms with Crippen molar-refractivity contribution in [2.45, 2.75) is 13.0 Å². The van der Waals surface area contributed by atoms with Crippen molar-refractivity contribution in [3.05, 3.63) is 10.1 Å². The monoisotopic (exact) mass is 117 g/mol. The van der Waals surface area contributed by atoms with E-state index in [2.05, 4.69) is 0 Å². The number of nitro groups is 1. The molecule has 5 nitrogen and oxygen atoms in total. The van der Waals surface area contributed by atoms with E-state index in [1.54, 1.807) is 0 Å². The maximum absolute atomic E-state index is 9.73. The molecule has 0 rings (SSSR count). The van der Waals surface area contributed by atoms with Gasteiger partial charge in [-0.25, -0.2) is 0 Å². The Hall–Kier alpha value is -1.13. The lowest BCUT2D eigenvalue weighted by molar-refractivity contribution is -0.498. The van der Waals surface area contributed by atoms with Gasteiger partial charge in [0.05, 0.1) is 0 Å². The van der Waals surface area contributed by atoms with Crippen LogP contribution in [0.15, 0.2) is 0 Å². The highest BCUT2D eigenvalue weighted by molar-refractivity contribution is 5.80. The summed E-state index contributed by atoms with van der Waals surface area (Å²) in [7, 11) is 0. The minimum Gasteiger partial charge on any atom is -0.382 e. The molecular weight excluding hydrogens is 110 g/mol. The van der Waals surface area contributed by atoms with Crippen LogP contribution in [-0.2, 0) is 0 Å². The molecule has 0 amide bonds. The topological polar surface area (TPSA) is 93.0 Å². The first kappa shape index (κ1) is 6.87. The van der Waals surface area contributed by atoms with Gasteiger partial charge in [-0.05, 0) is 0 Å². The average Bonchev–Trinajstić information content (AvgIpc) is 1.64. The van der Waals surface area contributed by atoms with Crippen LogP contribution >= 0.6 is 0 Å². The maximum atomic E-state index is 9.73. The Kier molecular flexibility index (Phi) is 1.93. The quantitative estimate of drug-likeness (QED) is 0.223. The Morgan fingerprint density at radius 1 is 2.00 bits per heavy atom. The van der Waals surface area contributed by atoms with E-state index in [-0.39, 0.29) is 0 Å². The molecule has 0 aliphatic rings. The zero-order chi connectivity index (χ0) is 6.73. The predicted molar refractivity (Wildman–Crippen MR) is 28.4 cm³/mol. The third-order valence-electron chi connectivity index (χ3n) is 0.766. The fourth-order valence-electron chi connectivity index (χ4n) is 0.114. The molecule has 1 atom stereocenters. The van der Waals surface area contributed by atoms with Gasteiger partial charge in [-0.1, -0.05) is 0 Å². The van der Waals surface area contributed by atoms with E-state index in [0.29, 0.717) is 0 Å². The molecule has 0 saturated carbocycles. The highest BCUT2D eigenvalue weighted by atomic mass is 16.6. The van der Waals surface area contributed by atoms with Crippen molar-refractivity contribution in [2.24, 2.45) is 5.73 Å². The SMILES string of the molecule is C[C@@H](C(=N)N)[N+](=O)[O-]. The van der Waals surface area contributed by atoms with E-state index in [9.17, 15) is 10.1 Å². The second kappa shape index (κ2) is 2.25. The Balaban J connectivity index is 3.83. The van der Waals surface area contributed by atoms with Crippen LogP contribution in [0.4, 0.5) is 0 Å². The Labute approximate surface area is 46.1 Å². The molecule has 0 bridgehead atoms. The fourth-order valence-corrected chi connectivity index (χ4v) is 0.114. The van der Waals surface area contributed by atoms with Gasteiger partial charge in [0.15, 0.2) is 5.84 Å². The van der Waals surface area contributed by atoms with Crippen LogP contribution in [0.3, 0.4) is 0 Å². The summed E-state index contributed by atoms with van der Waals surface area (Å²) in [5, 5.41) is 16.3. The summed E-state index contributed by atoms with van der Waals surface area (Å²) in [5.41, 5.74) is 4.78. The van der Waals surface area contributed by atoms with E-state index < -0.39 is 16.8 Å². The molecule has 0 aromatic carbocycles. The Morgan fingerprint density at radius 3 is 2.38 bits per heavy atom. The van der Waals surface area contributed by atoms with Crippen molar-refractivity contribution in [2.75, 3.05) is 0 Å². The van der Waals surface area contributed by atoms with Crippen molar-refractivity contribution < 1.29 is 4.92 Å². The number of rotatable bonds is 2. The molecule has 0 saturated heterocycles. The molecule has 0 radical (unpaired) electrons. The zero-order valence-electron chi connectivity index (χ0n) is 4.42. The van der Waals surface area contributed by atoms with E-state index in [1.807, 2.05) is 0 Å². The smallest absolute Gasteiger partial charge is 0.265 e. The van der Waals surface area contributed by atoms with Crippen molar-refractivity contribution in [3.63, 3.8) is 0 Å². The van der Waals surface area contributed by atoms with E-state index >= 15 is 0 Å². The van der Waals surface area contributed by atoms with Gasteiger partial charge < -0.3 is 5.73 Å². The zero-order valence-corrected chi connectivity index (χ0v) is 4.42. The Morgan fingerprint density at radius 2 is 2.38 bits per heavy atom. The first-order valence-electron chi connectivity index (χ1n) is 2.03. The summed E-state index contributed by atoms with van der Waals surface area (Å²) in [5.74, 6) is -0.407. The van der Waals surface area contributed by atoms with Crippen LogP contribution in [-0.4, -0.2) is 16.8 Å². The highest BCUT2D eigenvalue weighted by Crippen LogP contribution is 1.83. The minimum absolute atomic E-state index is 0.407. The molecule has 0 spiro atoms. The molecule has 5 heteroatoms. The third kappa shape index (κ3) is 1.55. The molecule has 0 heterocycles. The van der Waals surface area contributed by atoms with Gasteiger partial charge in [-0.2, -0.15) is 0 Å². The maximum Gasteiger partial charge on any atom is 0.265 e. The van der Waals surface area contributed by atoms with E-state index in [4.69, 9.17) is 11.1 Å². The summed E-state index contributed by atoms with van der Waals surface area (Å²) in [6.07, 6.45) is 0. The highest BCUT2D eigenvalue weighted by Gasteiger charge is 2.14. The molecule has 0 aromatic rings. The molecule has 0 aromatic heterocycles. The number of nitrogens with zero attached hydrogens (tertiary/aromatic N) is 1. The summed E-state index contributed by atoms with van der Waals surface area (Å²) >= 11 is 0. The summed E-state index contributed by atoms with van der Waals surface area (Å²) in [4.78, 5) is 9.12. The Bertz CT molecular complexity index is 108. The third-order valence-corrected chi connectivity index (χ3v) is 0.766. The van der Waals surface area contributed by atoms with Gasteiger partial charge in [-0.3, -0.25) is 15.5 Å². The van der Waals surface area contributed by atoms with Gasteiger partial charge in [0.1, 0.15) is 0 Å². The fraction of sp³-hybridized carbons (Fsp3) is 0.667. The summed E-state index contributed by atoms with van der Waals surface area (Å²) < 4.78 is 0. The number of hydrogen-bond acceptors (Lipinski definition) is 3. The van der Waals surface area contributed by atoms with Gasteiger partial charge in [0.25, 0.3) is 6.04 Å². The second-order valence-corrected chi connectivity index (χ2v) is 1.42. The molecule has 8 heavy (non-hydrogen) atoms. The molecule has 3 N–H and O–H groups in total. The predicted octanol–water partition coefficient (Wildman–Crippen LogP) is -0.412. The average molecular weight is 117 g/mol. The normalized spacial score (nSPS) is 12.6. The molecule has 0 fully saturated rings. The minimum atomic E-state index is -1.05. The molecule has 0 aliphatic heterocycles. The lowest BCUT2D eigenvalue weighted by Gasteiger charge is -1.97. The molecule has 0 aliphatic carbocycles. The first-order chi connectivity index (χ1) is 3.55. The van der Waals surface area contributed by atoms with Gasteiger partial charge >= 0.3 is 0 Å². The van der Waals surface area contributed by atoms with Crippen molar-refractivity contribution in [3.8, 4) is 0 Å². The number of hydrogen-bond donors (Lipinski definition) is 2. The van der Waals surface area contributed by atoms with E-state index in [1.165, 1.54) is 6.92 Å². The van der Waals surface area contributed by atoms with Crippen molar-refractivity contribution >= 4 is 5.84 Å².